The molecule has 1 aromatic rings. The first-order chi connectivity index (χ1) is 8.33. The fourth-order valence-electron chi connectivity index (χ4n) is 2.35. The highest BCUT2D eigenvalue weighted by molar-refractivity contribution is 5.01. The van der Waals surface area contributed by atoms with Crippen molar-refractivity contribution >= 4 is 0 Å². The van der Waals surface area contributed by atoms with Crippen molar-refractivity contribution in [2.24, 2.45) is 0 Å². The molecule has 1 N–H and O–H groups in total. The standard InChI is InChI=1S/C11H19N5O/c1-15-4-5-16-10(8-15)13-11(14-16)9-2-6-17-7-3-12-9/h9,12H,2-8H2,1H3. The minimum Gasteiger partial charge on any atom is -0.380 e. The van der Waals surface area contributed by atoms with Crippen molar-refractivity contribution in [1.29, 1.82) is 0 Å². The summed E-state index contributed by atoms with van der Waals surface area (Å²) in [6.07, 6.45) is 0.958. The smallest absolute Gasteiger partial charge is 0.167 e. The van der Waals surface area contributed by atoms with E-state index in [-0.39, 0.29) is 6.04 Å². The molecule has 2 aliphatic heterocycles. The molecule has 3 rings (SSSR count). The summed E-state index contributed by atoms with van der Waals surface area (Å²) >= 11 is 0. The van der Waals surface area contributed by atoms with Crippen LogP contribution in [-0.4, -0.2) is 53.0 Å². The van der Waals surface area contributed by atoms with Gasteiger partial charge in [-0.15, -0.1) is 0 Å². The van der Waals surface area contributed by atoms with Gasteiger partial charge in [0.2, 0.25) is 0 Å². The van der Waals surface area contributed by atoms with Crippen molar-refractivity contribution in [2.75, 3.05) is 33.4 Å². The largest absolute Gasteiger partial charge is 0.380 e. The SMILES string of the molecule is CN1CCn2nc(C3CCOCCN3)nc2C1. The molecule has 3 heterocycles. The van der Waals surface area contributed by atoms with E-state index in [4.69, 9.17) is 4.74 Å². The lowest BCUT2D eigenvalue weighted by atomic mass is 10.2. The molecular formula is C11H19N5O. The molecule has 1 saturated heterocycles. The summed E-state index contributed by atoms with van der Waals surface area (Å²) in [4.78, 5) is 6.93. The summed E-state index contributed by atoms with van der Waals surface area (Å²) in [6, 6.07) is 0.251. The number of hydrogen-bond acceptors (Lipinski definition) is 5. The van der Waals surface area contributed by atoms with Crippen LogP contribution in [0.15, 0.2) is 0 Å². The Morgan fingerprint density at radius 3 is 3.24 bits per heavy atom. The summed E-state index contributed by atoms with van der Waals surface area (Å²) in [6.45, 7) is 5.36. The van der Waals surface area contributed by atoms with Crippen molar-refractivity contribution in [1.82, 2.24) is 25.0 Å². The molecule has 6 heteroatoms. The van der Waals surface area contributed by atoms with E-state index in [2.05, 4.69) is 27.3 Å². The molecule has 2 aliphatic rings. The van der Waals surface area contributed by atoms with Crippen LogP contribution in [0.3, 0.4) is 0 Å². The van der Waals surface area contributed by atoms with Crippen LogP contribution in [0.5, 0.6) is 0 Å². The molecule has 0 aliphatic carbocycles. The van der Waals surface area contributed by atoms with Crippen LogP contribution in [0.2, 0.25) is 0 Å². The van der Waals surface area contributed by atoms with E-state index in [1.54, 1.807) is 0 Å². The van der Waals surface area contributed by atoms with E-state index in [0.717, 1.165) is 57.5 Å². The Bertz CT molecular complexity index is 383. The molecule has 1 unspecified atom stereocenters. The third-order valence-electron chi connectivity index (χ3n) is 3.37. The molecule has 0 bridgehead atoms. The van der Waals surface area contributed by atoms with Gasteiger partial charge in [0.15, 0.2) is 5.82 Å². The van der Waals surface area contributed by atoms with Crippen LogP contribution < -0.4 is 5.32 Å². The van der Waals surface area contributed by atoms with E-state index in [9.17, 15) is 0 Å². The molecule has 0 saturated carbocycles. The van der Waals surface area contributed by atoms with Crippen molar-refractivity contribution < 1.29 is 4.74 Å². The fraction of sp³-hybridized carbons (Fsp3) is 0.818. The van der Waals surface area contributed by atoms with Crippen LogP contribution in [-0.2, 0) is 17.8 Å². The van der Waals surface area contributed by atoms with Gasteiger partial charge in [-0.1, -0.05) is 0 Å². The Labute approximate surface area is 101 Å². The second-order valence-electron chi connectivity index (χ2n) is 4.75. The quantitative estimate of drug-likeness (QED) is 0.731. The highest BCUT2D eigenvalue weighted by Gasteiger charge is 2.22. The molecule has 1 atom stereocenters. The Morgan fingerprint density at radius 2 is 2.29 bits per heavy atom. The van der Waals surface area contributed by atoms with Gasteiger partial charge in [-0.05, 0) is 13.5 Å². The van der Waals surface area contributed by atoms with Crippen molar-refractivity contribution in [3.63, 3.8) is 0 Å². The van der Waals surface area contributed by atoms with Gasteiger partial charge in [-0.2, -0.15) is 5.10 Å². The maximum Gasteiger partial charge on any atom is 0.167 e. The molecule has 0 spiro atoms. The Kier molecular flexibility index (Phi) is 3.09. The van der Waals surface area contributed by atoms with Gasteiger partial charge in [0, 0.05) is 19.7 Å². The van der Waals surface area contributed by atoms with E-state index >= 15 is 0 Å². The number of ether oxygens (including phenoxy) is 1. The van der Waals surface area contributed by atoms with E-state index in [1.165, 1.54) is 0 Å². The summed E-state index contributed by atoms with van der Waals surface area (Å²) in [5.41, 5.74) is 0. The Hall–Kier alpha value is -0.980. The van der Waals surface area contributed by atoms with Gasteiger partial charge in [-0.25, -0.2) is 9.67 Å². The van der Waals surface area contributed by atoms with Gasteiger partial charge in [0.25, 0.3) is 0 Å². The third kappa shape index (κ3) is 2.34. The first kappa shape index (κ1) is 11.1. The predicted octanol–water partition coefficient (Wildman–Crippen LogP) is -0.225. The van der Waals surface area contributed by atoms with Crippen LogP contribution in [0.1, 0.15) is 24.1 Å². The second kappa shape index (κ2) is 4.72. The van der Waals surface area contributed by atoms with E-state index in [1.807, 2.05) is 4.68 Å². The number of nitrogens with one attached hydrogen (secondary N) is 1. The molecule has 94 valence electrons. The number of hydrogen-bond donors (Lipinski definition) is 1. The first-order valence-electron chi connectivity index (χ1n) is 6.26. The number of likely N-dealkylation sites (N-methyl/N-ethyl adjacent to an activating group) is 1. The number of rotatable bonds is 1. The lowest BCUT2D eigenvalue weighted by Crippen LogP contribution is -2.30. The summed E-state index contributed by atoms with van der Waals surface area (Å²) in [5, 5.41) is 8.05. The molecule has 0 aromatic carbocycles. The zero-order chi connectivity index (χ0) is 11.7. The minimum absolute atomic E-state index is 0.251. The van der Waals surface area contributed by atoms with Crippen LogP contribution in [0.4, 0.5) is 0 Å². The van der Waals surface area contributed by atoms with Gasteiger partial charge in [-0.3, -0.25) is 4.90 Å². The van der Waals surface area contributed by atoms with Crippen molar-refractivity contribution in [3.8, 4) is 0 Å². The van der Waals surface area contributed by atoms with Crippen molar-refractivity contribution in [3.05, 3.63) is 11.6 Å². The lowest BCUT2D eigenvalue weighted by molar-refractivity contribution is 0.149. The molecule has 0 radical (unpaired) electrons. The third-order valence-corrected chi connectivity index (χ3v) is 3.37. The molecule has 17 heavy (non-hydrogen) atoms. The van der Waals surface area contributed by atoms with Gasteiger partial charge in [0.1, 0.15) is 5.82 Å². The molecule has 0 amide bonds. The highest BCUT2D eigenvalue weighted by atomic mass is 16.5. The number of nitrogens with zero attached hydrogens (tertiary/aromatic N) is 4. The van der Waals surface area contributed by atoms with Crippen LogP contribution in [0.25, 0.3) is 0 Å². The predicted molar refractivity (Wildman–Crippen MR) is 62.5 cm³/mol. The highest BCUT2D eigenvalue weighted by Crippen LogP contribution is 2.17. The van der Waals surface area contributed by atoms with Gasteiger partial charge >= 0.3 is 0 Å². The van der Waals surface area contributed by atoms with E-state index in [0.29, 0.717) is 0 Å². The average molecular weight is 237 g/mol. The fourth-order valence-corrected chi connectivity index (χ4v) is 2.35. The maximum atomic E-state index is 5.43. The summed E-state index contributed by atoms with van der Waals surface area (Å²) in [7, 11) is 2.12. The average Bonchev–Trinajstić information content (AvgIpc) is 2.57. The van der Waals surface area contributed by atoms with E-state index < -0.39 is 0 Å². The Morgan fingerprint density at radius 1 is 1.35 bits per heavy atom. The monoisotopic (exact) mass is 237 g/mol. The summed E-state index contributed by atoms with van der Waals surface area (Å²) in [5.74, 6) is 2.02. The van der Waals surface area contributed by atoms with Crippen LogP contribution in [0, 0.1) is 0 Å². The normalized spacial score (nSPS) is 26.5. The zero-order valence-electron chi connectivity index (χ0n) is 10.2. The molecule has 1 aromatic heterocycles. The number of aromatic nitrogens is 3. The van der Waals surface area contributed by atoms with Crippen LogP contribution >= 0.6 is 0 Å². The Balaban J connectivity index is 1.79. The lowest BCUT2D eigenvalue weighted by Gasteiger charge is -2.21. The van der Waals surface area contributed by atoms with Crippen molar-refractivity contribution in [2.45, 2.75) is 25.6 Å². The van der Waals surface area contributed by atoms with Gasteiger partial charge < -0.3 is 10.1 Å². The summed E-state index contributed by atoms with van der Waals surface area (Å²) < 4.78 is 7.48. The zero-order valence-corrected chi connectivity index (χ0v) is 10.2. The van der Waals surface area contributed by atoms with Gasteiger partial charge in [0.05, 0.1) is 25.7 Å². The first-order valence-corrected chi connectivity index (χ1v) is 6.26. The number of fused-ring (bicyclic) bond motifs is 1. The second-order valence-corrected chi connectivity index (χ2v) is 4.75. The molecule has 6 nitrogen and oxygen atoms in total. The molecular weight excluding hydrogens is 218 g/mol. The molecule has 1 fully saturated rings. The topological polar surface area (TPSA) is 55.2 Å². The maximum absolute atomic E-state index is 5.43. The minimum atomic E-state index is 0.251.